The standard InChI is InChI=1S/C16H14N2O4/c1-9-3-4-12-11(8-16(20)21-13(12)5-9)7-15(19)17-14-6-10(2)22-18-14/h3-6,8H,7H2,1-2H3,(H,17,18,19). The van der Waals surface area contributed by atoms with Crippen molar-refractivity contribution in [1.29, 1.82) is 0 Å². The lowest BCUT2D eigenvalue weighted by atomic mass is 10.1. The van der Waals surface area contributed by atoms with E-state index in [-0.39, 0.29) is 12.3 Å². The summed E-state index contributed by atoms with van der Waals surface area (Å²) in [5, 5.41) is 7.08. The number of amides is 1. The Morgan fingerprint density at radius 3 is 2.77 bits per heavy atom. The van der Waals surface area contributed by atoms with E-state index in [2.05, 4.69) is 10.5 Å². The smallest absolute Gasteiger partial charge is 0.336 e. The zero-order valence-electron chi connectivity index (χ0n) is 12.2. The normalized spacial score (nSPS) is 10.8. The van der Waals surface area contributed by atoms with Crippen molar-refractivity contribution in [2.24, 2.45) is 0 Å². The highest BCUT2D eigenvalue weighted by molar-refractivity contribution is 5.94. The Bertz CT molecular complexity index is 908. The van der Waals surface area contributed by atoms with Crippen molar-refractivity contribution in [1.82, 2.24) is 5.16 Å². The summed E-state index contributed by atoms with van der Waals surface area (Å²) in [5.41, 5.74) is 1.60. The first-order valence-electron chi connectivity index (χ1n) is 6.78. The summed E-state index contributed by atoms with van der Waals surface area (Å²) in [5.74, 6) is 0.683. The third-order valence-corrected chi connectivity index (χ3v) is 3.23. The molecule has 112 valence electrons. The molecule has 22 heavy (non-hydrogen) atoms. The van der Waals surface area contributed by atoms with E-state index in [4.69, 9.17) is 8.94 Å². The molecule has 0 saturated carbocycles. The van der Waals surface area contributed by atoms with E-state index in [0.717, 1.165) is 10.9 Å². The maximum Gasteiger partial charge on any atom is 0.336 e. The van der Waals surface area contributed by atoms with Gasteiger partial charge in [-0.2, -0.15) is 0 Å². The van der Waals surface area contributed by atoms with Crippen LogP contribution in [0.4, 0.5) is 5.82 Å². The van der Waals surface area contributed by atoms with E-state index in [1.807, 2.05) is 19.1 Å². The van der Waals surface area contributed by atoms with Gasteiger partial charge in [0.05, 0.1) is 6.42 Å². The molecule has 0 bridgehead atoms. The molecule has 6 heteroatoms. The van der Waals surface area contributed by atoms with Crippen LogP contribution in [0.15, 0.2) is 44.1 Å². The van der Waals surface area contributed by atoms with Crippen LogP contribution in [0.2, 0.25) is 0 Å². The number of fused-ring (bicyclic) bond motifs is 1. The molecule has 1 N–H and O–H groups in total. The van der Waals surface area contributed by atoms with Crippen molar-refractivity contribution in [2.45, 2.75) is 20.3 Å². The van der Waals surface area contributed by atoms with Gasteiger partial charge < -0.3 is 14.3 Å². The number of anilines is 1. The van der Waals surface area contributed by atoms with Crippen molar-refractivity contribution < 1.29 is 13.7 Å². The minimum Gasteiger partial charge on any atom is -0.423 e. The van der Waals surface area contributed by atoms with E-state index in [1.54, 1.807) is 19.1 Å². The fraction of sp³-hybridized carbons (Fsp3) is 0.188. The molecule has 0 spiro atoms. The second-order valence-corrected chi connectivity index (χ2v) is 5.14. The molecule has 0 saturated heterocycles. The monoisotopic (exact) mass is 298 g/mol. The van der Waals surface area contributed by atoms with Gasteiger partial charge in [0, 0.05) is 17.5 Å². The molecular formula is C16H14N2O4. The second kappa shape index (κ2) is 5.48. The summed E-state index contributed by atoms with van der Waals surface area (Å²) < 4.78 is 10.1. The molecule has 0 atom stereocenters. The van der Waals surface area contributed by atoms with Crippen LogP contribution in [-0.4, -0.2) is 11.1 Å². The van der Waals surface area contributed by atoms with Crippen LogP contribution in [0.3, 0.4) is 0 Å². The molecule has 0 aliphatic rings. The van der Waals surface area contributed by atoms with Crippen LogP contribution in [0.25, 0.3) is 11.0 Å². The maximum atomic E-state index is 12.1. The maximum absolute atomic E-state index is 12.1. The number of aryl methyl sites for hydroxylation is 2. The molecule has 2 heterocycles. The molecule has 0 radical (unpaired) electrons. The minimum atomic E-state index is -0.474. The van der Waals surface area contributed by atoms with Gasteiger partial charge in [-0.1, -0.05) is 17.3 Å². The second-order valence-electron chi connectivity index (χ2n) is 5.14. The van der Waals surface area contributed by atoms with E-state index in [0.29, 0.717) is 22.7 Å². The van der Waals surface area contributed by atoms with Gasteiger partial charge >= 0.3 is 5.63 Å². The van der Waals surface area contributed by atoms with E-state index in [9.17, 15) is 9.59 Å². The summed E-state index contributed by atoms with van der Waals surface area (Å²) in [6, 6.07) is 8.49. The van der Waals surface area contributed by atoms with Crippen LogP contribution in [0.1, 0.15) is 16.9 Å². The Morgan fingerprint density at radius 2 is 2.05 bits per heavy atom. The molecule has 0 fully saturated rings. The molecule has 3 aromatic rings. The highest BCUT2D eigenvalue weighted by Crippen LogP contribution is 2.19. The van der Waals surface area contributed by atoms with E-state index < -0.39 is 5.63 Å². The molecule has 3 rings (SSSR count). The largest absolute Gasteiger partial charge is 0.423 e. The number of aromatic nitrogens is 1. The fourth-order valence-electron chi connectivity index (χ4n) is 2.27. The Balaban J connectivity index is 1.89. The molecular weight excluding hydrogens is 284 g/mol. The van der Waals surface area contributed by atoms with Gasteiger partial charge in [-0.05, 0) is 31.0 Å². The molecule has 0 aliphatic heterocycles. The fourth-order valence-corrected chi connectivity index (χ4v) is 2.27. The highest BCUT2D eigenvalue weighted by Gasteiger charge is 2.12. The van der Waals surface area contributed by atoms with Crippen LogP contribution < -0.4 is 10.9 Å². The highest BCUT2D eigenvalue weighted by atomic mass is 16.5. The summed E-state index contributed by atoms with van der Waals surface area (Å²) >= 11 is 0. The quantitative estimate of drug-likeness (QED) is 0.751. The average Bonchev–Trinajstić information content (AvgIpc) is 2.83. The van der Waals surface area contributed by atoms with E-state index >= 15 is 0 Å². The molecule has 0 unspecified atom stereocenters. The number of hydrogen-bond donors (Lipinski definition) is 1. The topological polar surface area (TPSA) is 85.3 Å². The number of nitrogens with one attached hydrogen (secondary N) is 1. The van der Waals surface area contributed by atoms with Crippen molar-refractivity contribution in [3.05, 3.63) is 57.6 Å². The van der Waals surface area contributed by atoms with Gasteiger partial charge in [0.1, 0.15) is 11.3 Å². The first kappa shape index (κ1) is 14.1. The van der Waals surface area contributed by atoms with Gasteiger partial charge in [-0.3, -0.25) is 4.79 Å². The summed E-state index contributed by atoms with van der Waals surface area (Å²) in [7, 11) is 0. The third-order valence-electron chi connectivity index (χ3n) is 3.23. The zero-order valence-corrected chi connectivity index (χ0v) is 12.2. The van der Waals surface area contributed by atoms with Gasteiger partial charge in [0.15, 0.2) is 5.82 Å². The predicted octanol–water partition coefficient (Wildman–Crippen LogP) is 2.58. The summed E-state index contributed by atoms with van der Waals surface area (Å²) in [4.78, 5) is 23.7. The van der Waals surface area contributed by atoms with Gasteiger partial charge in [0.25, 0.3) is 0 Å². The predicted molar refractivity (Wildman–Crippen MR) is 80.8 cm³/mol. The van der Waals surface area contributed by atoms with Crippen LogP contribution in [0.5, 0.6) is 0 Å². The van der Waals surface area contributed by atoms with Gasteiger partial charge in [-0.15, -0.1) is 0 Å². The number of carbonyl (C=O) groups is 1. The molecule has 1 amide bonds. The number of benzene rings is 1. The van der Waals surface area contributed by atoms with Crippen molar-refractivity contribution >= 4 is 22.7 Å². The van der Waals surface area contributed by atoms with Crippen LogP contribution >= 0.6 is 0 Å². The summed E-state index contributed by atoms with van der Waals surface area (Å²) in [6.45, 7) is 3.65. The number of hydrogen-bond acceptors (Lipinski definition) is 5. The Kier molecular flexibility index (Phi) is 3.50. The Hall–Kier alpha value is -2.89. The lowest BCUT2D eigenvalue weighted by Crippen LogP contribution is -2.16. The molecule has 0 aliphatic carbocycles. The lowest BCUT2D eigenvalue weighted by Gasteiger charge is -2.06. The van der Waals surface area contributed by atoms with Crippen molar-refractivity contribution in [2.75, 3.05) is 5.32 Å². The third kappa shape index (κ3) is 2.90. The summed E-state index contributed by atoms with van der Waals surface area (Å²) in [6.07, 6.45) is 0.0526. The van der Waals surface area contributed by atoms with Crippen molar-refractivity contribution in [3.8, 4) is 0 Å². The molecule has 6 nitrogen and oxygen atoms in total. The average molecular weight is 298 g/mol. The Labute approximate surface area is 125 Å². The van der Waals surface area contributed by atoms with E-state index in [1.165, 1.54) is 6.07 Å². The number of carbonyl (C=O) groups excluding carboxylic acids is 1. The minimum absolute atomic E-state index is 0.0526. The van der Waals surface area contributed by atoms with Gasteiger partial charge in [-0.25, -0.2) is 4.79 Å². The first-order chi connectivity index (χ1) is 10.5. The SMILES string of the molecule is Cc1ccc2c(CC(=O)Nc3cc(C)on3)cc(=O)oc2c1. The van der Waals surface area contributed by atoms with Gasteiger partial charge in [0.2, 0.25) is 5.91 Å². The van der Waals surface area contributed by atoms with Crippen LogP contribution in [-0.2, 0) is 11.2 Å². The zero-order chi connectivity index (χ0) is 15.7. The lowest BCUT2D eigenvalue weighted by molar-refractivity contribution is -0.115. The molecule has 1 aromatic carbocycles. The van der Waals surface area contributed by atoms with Crippen molar-refractivity contribution in [3.63, 3.8) is 0 Å². The van der Waals surface area contributed by atoms with Crippen LogP contribution in [0, 0.1) is 13.8 Å². The number of rotatable bonds is 3. The first-order valence-corrected chi connectivity index (χ1v) is 6.78. The number of nitrogens with zero attached hydrogens (tertiary/aromatic N) is 1. The Morgan fingerprint density at radius 1 is 1.23 bits per heavy atom. The molecule has 2 aromatic heterocycles.